The molecule has 2 nitrogen and oxygen atoms in total. The summed E-state index contributed by atoms with van der Waals surface area (Å²) in [6.07, 6.45) is -1.36. The molecule has 1 heterocycles. The van der Waals surface area contributed by atoms with Crippen LogP contribution in [0.2, 0.25) is 0 Å². The summed E-state index contributed by atoms with van der Waals surface area (Å²) in [7, 11) is 0. The summed E-state index contributed by atoms with van der Waals surface area (Å²) in [4.78, 5) is 1.94. The molecule has 2 rings (SSSR count). The fourth-order valence-corrected chi connectivity index (χ4v) is 2.72. The molecule has 1 aromatic rings. The second-order valence-corrected chi connectivity index (χ2v) is 5.53. The van der Waals surface area contributed by atoms with Gasteiger partial charge in [0, 0.05) is 12.2 Å². The van der Waals surface area contributed by atoms with Crippen LogP contribution in [0.5, 0.6) is 0 Å². The van der Waals surface area contributed by atoms with Crippen molar-refractivity contribution in [2.75, 3.05) is 25.4 Å². The van der Waals surface area contributed by atoms with Crippen LogP contribution in [0.25, 0.3) is 0 Å². The molecule has 0 aliphatic carbocycles. The highest BCUT2D eigenvalue weighted by Crippen LogP contribution is 2.33. The minimum Gasteiger partial charge on any atom is -0.399 e. The fraction of sp³-hybridized carbons (Fsp3) is 0.600. The maximum absolute atomic E-state index is 12.7. The lowest BCUT2D eigenvalue weighted by molar-refractivity contribution is -0.186. The number of anilines is 1. The minimum absolute atomic E-state index is 0.158. The van der Waals surface area contributed by atoms with Crippen molar-refractivity contribution < 1.29 is 13.2 Å². The van der Waals surface area contributed by atoms with Crippen LogP contribution < -0.4 is 5.73 Å². The number of aryl methyl sites for hydroxylation is 1. The Morgan fingerprint density at radius 1 is 1.20 bits per heavy atom. The molecular formula is C15H21F3N2. The summed E-state index contributed by atoms with van der Waals surface area (Å²) in [6, 6.07) is 7.67. The lowest BCUT2D eigenvalue weighted by Crippen LogP contribution is -2.42. The second kappa shape index (κ2) is 6.48. The van der Waals surface area contributed by atoms with Crippen molar-refractivity contribution in [2.45, 2.75) is 31.9 Å². The number of rotatable bonds is 4. The number of likely N-dealkylation sites (tertiary alicyclic amines) is 1. The van der Waals surface area contributed by atoms with E-state index in [1.165, 1.54) is 5.56 Å². The molecule has 1 fully saturated rings. The Kier molecular flexibility index (Phi) is 4.91. The first-order valence-electron chi connectivity index (χ1n) is 7.08. The Balaban J connectivity index is 1.75. The molecule has 20 heavy (non-hydrogen) atoms. The van der Waals surface area contributed by atoms with Gasteiger partial charge in [0.05, 0.1) is 5.92 Å². The van der Waals surface area contributed by atoms with E-state index in [4.69, 9.17) is 5.73 Å². The van der Waals surface area contributed by atoms with Crippen LogP contribution in [0.3, 0.4) is 0 Å². The number of halogens is 3. The van der Waals surface area contributed by atoms with E-state index >= 15 is 0 Å². The van der Waals surface area contributed by atoms with E-state index in [0.29, 0.717) is 6.42 Å². The molecule has 0 aromatic heterocycles. The number of benzene rings is 1. The highest BCUT2D eigenvalue weighted by Gasteiger charge is 2.41. The predicted octanol–water partition coefficient (Wildman–Crippen LogP) is 3.48. The largest absolute Gasteiger partial charge is 0.399 e. The third-order valence-electron chi connectivity index (χ3n) is 3.89. The van der Waals surface area contributed by atoms with Crippen LogP contribution in [0.4, 0.5) is 18.9 Å². The van der Waals surface area contributed by atoms with Crippen LogP contribution in [0.15, 0.2) is 24.3 Å². The Bertz CT molecular complexity index is 414. The molecule has 0 bridgehead atoms. The van der Waals surface area contributed by atoms with Crippen LogP contribution >= 0.6 is 0 Å². The van der Waals surface area contributed by atoms with Gasteiger partial charge in [-0.3, -0.25) is 0 Å². The van der Waals surface area contributed by atoms with Crippen LogP contribution in [0.1, 0.15) is 24.8 Å². The molecule has 0 saturated carbocycles. The molecule has 1 aromatic carbocycles. The van der Waals surface area contributed by atoms with Crippen molar-refractivity contribution in [3.05, 3.63) is 29.8 Å². The summed E-state index contributed by atoms with van der Waals surface area (Å²) in [5, 5.41) is 0. The van der Waals surface area contributed by atoms with Gasteiger partial charge < -0.3 is 10.6 Å². The Hall–Kier alpha value is -1.23. The smallest absolute Gasteiger partial charge is 0.393 e. The van der Waals surface area contributed by atoms with Gasteiger partial charge in [-0.15, -0.1) is 0 Å². The third-order valence-corrected chi connectivity index (χ3v) is 3.89. The lowest BCUT2D eigenvalue weighted by Gasteiger charge is -2.33. The van der Waals surface area contributed by atoms with Gasteiger partial charge in [-0.05, 0) is 56.5 Å². The first-order chi connectivity index (χ1) is 9.45. The average Bonchev–Trinajstić information content (AvgIpc) is 2.40. The molecule has 1 unspecified atom stereocenters. The number of piperidine rings is 1. The first-order valence-corrected chi connectivity index (χ1v) is 7.08. The minimum atomic E-state index is -4.05. The molecule has 112 valence electrons. The van der Waals surface area contributed by atoms with Crippen molar-refractivity contribution in [1.82, 2.24) is 4.90 Å². The third kappa shape index (κ3) is 4.40. The van der Waals surface area contributed by atoms with Gasteiger partial charge in [-0.25, -0.2) is 0 Å². The van der Waals surface area contributed by atoms with Crippen LogP contribution in [-0.4, -0.2) is 30.7 Å². The quantitative estimate of drug-likeness (QED) is 0.859. The second-order valence-electron chi connectivity index (χ2n) is 5.53. The van der Waals surface area contributed by atoms with Gasteiger partial charge in [0.2, 0.25) is 0 Å². The van der Waals surface area contributed by atoms with Gasteiger partial charge in [0.15, 0.2) is 0 Å². The summed E-state index contributed by atoms with van der Waals surface area (Å²) in [6.45, 7) is 1.68. The summed E-state index contributed by atoms with van der Waals surface area (Å²) in [5.74, 6) is -1.15. The lowest BCUT2D eigenvalue weighted by atomic mass is 9.97. The van der Waals surface area contributed by atoms with Gasteiger partial charge in [0.25, 0.3) is 0 Å². The summed E-state index contributed by atoms with van der Waals surface area (Å²) >= 11 is 0. The van der Waals surface area contributed by atoms with Crippen molar-refractivity contribution >= 4 is 5.69 Å². The molecule has 0 radical (unpaired) electrons. The van der Waals surface area contributed by atoms with E-state index in [-0.39, 0.29) is 13.0 Å². The van der Waals surface area contributed by atoms with E-state index in [9.17, 15) is 13.2 Å². The highest BCUT2D eigenvalue weighted by molar-refractivity contribution is 5.39. The van der Waals surface area contributed by atoms with Crippen molar-refractivity contribution in [3.63, 3.8) is 0 Å². The molecule has 5 heteroatoms. The van der Waals surface area contributed by atoms with Gasteiger partial charge in [-0.1, -0.05) is 12.1 Å². The normalized spacial score (nSPS) is 21.1. The zero-order valence-electron chi connectivity index (χ0n) is 11.5. The number of hydrogen-bond acceptors (Lipinski definition) is 2. The zero-order valence-corrected chi connectivity index (χ0v) is 11.5. The molecule has 1 saturated heterocycles. The number of nitrogen functional groups attached to an aromatic ring is 1. The number of nitrogens with zero attached hydrogens (tertiary/aromatic N) is 1. The van der Waals surface area contributed by atoms with Gasteiger partial charge in [0.1, 0.15) is 0 Å². The van der Waals surface area contributed by atoms with Gasteiger partial charge in [-0.2, -0.15) is 13.2 Å². The highest BCUT2D eigenvalue weighted by atomic mass is 19.4. The molecule has 1 atom stereocenters. The average molecular weight is 286 g/mol. The van der Waals surface area contributed by atoms with E-state index in [0.717, 1.165) is 31.6 Å². The predicted molar refractivity (Wildman–Crippen MR) is 74.4 cm³/mol. The molecule has 0 amide bonds. The molecular weight excluding hydrogens is 265 g/mol. The van der Waals surface area contributed by atoms with Crippen LogP contribution in [0, 0.1) is 5.92 Å². The SMILES string of the molecule is Nc1ccc(CCCN2CCCC(C(F)(F)F)C2)cc1. The molecule has 1 aliphatic rings. The Morgan fingerprint density at radius 3 is 2.55 bits per heavy atom. The van der Waals surface area contributed by atoms with Crippen molar-refractivity contribution in [3.8, 4) is 0 Å². The molecule has 2 N–H and O–H groups in total. The molecule has 1 aliphatic heterocycles. The Morgan fingerprint density at radius 2 is 1.90 bits per heavy atom. The topological polar surface area (TPSA) is 29.3 Å². The maximum atomic E-state index is 12.7. The number of nitrogens with two attached hydrogens (primary N) is 1. The van der Waals surface area contributed by atoms with Crippen molar-refractivity contribution in [1.29, 1.82) is 0 Å². The maximum Gasteiger partial charge on any atom is 0.393 e. The monoisotopic (exact) mass is 286 g/mol. The Labute approximate surface area is 117 Å². The summed E-state index contributed by atoms with van der Waals surface area (Å²) < 4.78 is 38.1. The first kappa shape index (κ1) is 15.2. The molecule has 0 spiro atoms. The fourth-order valence-electron chi connectivity index (χ4n) is 2.72. The van der Waals surface area contributed by atoms with E-state index in [1.54, 1.807) is 0 Å². The van der Waals surface area contributed by atoms with E-state index < -0.39 is 12.1 Å². The number of alkyl halides is 3. The van der Waals surface area contributed by atoms with Crippen molar-refractivity contribution in [2.24, 2.45) is 5.92 Å². The van der Waals surface area contributed by atoms with Gasteiger partial charge >= 0.3 is 6.18 Å². The zero-order chi connectivity index (χ0) is 14.6. The van der Waals surface area contributed by atoms with E-state index in [1.807, 2.05) is 29.2 Å². The number of hydrogen-bond donors (Lipinski definition) is 1. The van der Waals surface area contributed by atoms with Crippen LogP contribution in [-0.2, 0) is 6.42 Å². The summed E-state index contributed by atoms with van der Waals surface area (Å²) in [5.41, 5.74) is 7.53. The van der Waals surface area contributed by atoms with E-state index in [2.05, 4.69) is 0 Å². The standard InChI is InChI=1S/C15H21F3N2/c16-15(17,18)13-4-2-10-20(11-13)9-1-3-12-5-7-14(19)8-6-12/h5-8,13H,1-4,9-11,19H2.